The summed E-state index contributed by atoms with van der Waals surface area (Å²) in [6.45, 7) is 0. The quantitative estimate of drug-likeness (QED) is 0.863. The molecule has 1 aliphatic heterocycles. The molecule has 1 aromatic carbocycles. The largest absolute Gasteiger partial charge is 0.350 e. The number of rotatable bonds is 3. The summed E-state index contributed by atoms with van der Waals surface area (Å²) in [6, 6.07) is 7.88. The maximum atomic E-state index is 13.2. The molecule has 1 atom stereocenters. The molecule has 1 amide bonds. The number of hydrogen-bond acceptors (Lipinski definition) is 3. The van der Waals surface area contributed by atoms with Crippen molar-refractivity contribution in [3.63, 3.8) is 0 Å². The van der Waals surface area contributed by atoms with Crippen LogP contribution in [0.4, 0.5) is 0 Å². The minimum Gasteiger partial charge on any atom is -0.350 e. The summed E-state index contributed by atoms with van der Waals surface area (Å²) in [6.07, 6.45) is 4.39. The van der Waals surface area contributed by atoms with Crippen molar-refractivity contribution in [3.05, 3.63) is 36.0 Å². The normalized spacial score (nSPS) is 23.3. The second-order valence-electron chi connectivity index (χ2n) is 6.67. The maximum Gasteiger partial charge on any atom is 0.256 e. The zero-order valence-electron chi connectivity index (χ0n) is 13.1. The molecule has 2 aliphatic rings. The second-order valence-corrected chi connectivity index (χ2v) is 8.90. The Hall–Kier alpha value is -1.82. The lowest BCUT2D eigenvalue weighted by atomic mass is 10.1. The molecule has 1 aliphatic carbocycles. The third-order valence-electron chi connectivity index (χ3n) is 4.90. The van der Waals surface area contributed by atoms with E-state index in [1.807, 2.05) is 47.0 Å². The zero-order chi connectivity index (χ0) is 16.2. The molecule has 2 aromatic rings. The highest BCUT2D eigenvalue weighted by Crippen LogP contribution is 2.34. The van der Waals surface area contributed by atoms with E-state index in [-0.39, 0.29) is 29.5 Å². The van der Waals surface area contributed by atoms with Crippen LogP contribution in [0.2, 0.25) is 0 Å². The summed E-state index contributed by atoms with van der Waals surface area (Å²) >= 11 is 0. The van der Waals surface area contributed by atoms with E-state index < -0.39 is 9.84 Å². The van der Waals surface area contributed by atoms with Gasteiger partial charge in [-0.05, 0) is 25.3 Å². The molecule has 0 radical (unpaired) electrons. The number of aromatic nitrogens is 1. The number of aryl methyl sites for hydroxylation is 1. The molecule has 1 saturated carbocycles. The van der Waals surface area contributed by atoms with Gasteiger partial charge in [-0.2, -0.15) is 0 Å². The van der Waals surface area contributed by atoms with Gasteiger partial charge in [0, 0.05) is 36.2 Å². The van der Waals surface area contributed by atoms with E-state index in [9.17, 15) is 13.2 Å². The third kappa shape index (κ3) is 2.55. The fourth-order valence-electron chi connectivity index (χ4n) is 3.63. The Kier molecular flexibility index (Phi) is 3.27. The van der Waals surface area contributed by atoms with Gasteiger partial charge in [0.1, 0.15) is 0 Å². The molecular formula is C17H20N2O3S. The second kappa shape index (κ2) is 5.09. The van der Waals surface area contributed by atoms with Crippen LogP contribution in [0.3, 0.4) is 0 Å². The van der Waals surface area contributed by atoms with Crippen molar-refractivity contribution in [1.29, 1.82) is 0 Å². The van der Waals surface area contributed by atoms with Gasteiger partial charge in [-0.15, -0.1) is 0 Å². The molecule has 1 aromatic heterocycles. The van der Waals surface area contributed by atoms with E-state index in [0.717, 1.165) is 23.7 Å². The molecule has 4 rings (SSSR count). The van der Waals surface area contributed by atoms with Crippen LogP contribution in [0.25, 0.3) is 10.9 Å². The summed E-state index contributed by atoms with van der Waals surface area (Å²) in [5.41, 5.74) is 1.70. The van der Waals surface area contributed by atoms with Crippen molar-refractivity contribution in [3.8, 4) is 0 Å². The Bertz CT molecular complexity index is 880. The molecule has 0 N–H and O–H groups in total. The molecule has 23 heavy (non-hydrogen) atoms. The molecule has 122 valence electrons. The van der Waals surface area contributed by atoms with Gasteiger partial charge in [-0.25, -0.2) is 8.42 Å². The van der Waals surface area contributed by atoms with Gasteiger partial charge >= 0.3 is 0 Å². The molecule has 0 bridgehead atoms. The first-order chi connectivity index (χ1) is 11.0. The molecule has 2 heterocycles. The average Bonchev–Trinajstić information content (AvgIpc) is 3.20. The number of para-hydroxylation sites is 1. The highest BCUT2D eigenvalue weighted by molar-refractivity contribution is 7.91. The van der Waals surface area contributed by atoms with Crippen LogP contribution >= 0.6 is 0 Å². The third-order valence-corrected chi connectivity index (χ3v) is 6.65. The molecule has 5 nitrogen and oxygen atoms in total. The van der Waals surface area contributed by atoms with Gasteiger partial charge < -0.3 is 9.47 Å². The first-order valence-electron chi connectivity index (χ1n) is 8.03. The monoisotopic (exact) mass is 332 g/mol. The summed E-state index contributed by atoms with van der Waals surface area (Å²) in [4.78, 5) is 15.0. The number of fused-ring (bicyclic) bond motifs is 1. The van der Waals surface area contributed by atoms with Crippen LogP contribution < -0.4 is 0 Å². The molecule has 1 saturated heterocycles. The van der Waals surface area contributed by atoms with Crippen molar-refractivity contribution in [2.24, 2.45) is 7.05 Å². The van der Waals surface area contributed by atoms with Crippen molar-refractivity contribution in [2.45, 2.75) is 31.3 Å². The predicted octanol–water partition coefficient (Wildman–Crippen LogP) is 1.97. The minimum atomic E-state index is -3.00. The van der Waals surface area contributed by atoms with E-state index >= 15 is 0 Å². The predicted molar refractivity (Wildman–Crippen MR) is 89.2 cm³/mol. The van der Waals surface area contributed by atoms with Gasteiger partial charge in [0.15, 0.2) is 9.84 Å². The van der Waals surface area contributed by atoms with E-state index in [1.165, 1.54) is 0 Å². The van der Waals surface area contributed by atoms with Gasteiger partial charge in [-0.3, -0.25) is 4.79 Å². The molecule has 2 fully saturated rings. The average molecular weight is 332 g/mol. The Morgan fingerprint density at radius 2 is 1.91 bits per heavy atom. The Balaban J connectivity index is 1.73. The molecule has 1 unspecified atom stereocenters. The topological polar surface area (TPSA) is 59.4 Å². The van der Waals surface area contributed by atoms with Crippen molar-refractivity contribution >= 4 is 26.6 Å². The lowest BCUT2D eigenvalue weighted by Crippen LogP contribution is -2.42. The number of hydrogen-bond donors (Lipinski definition) is 0. The lowest BCUT2D eigenvalue weighted by molar-refractivity contribution is 0.0682. The lowest BCUT2D eigenvalue weighted by Gasteiger charge is -2.28. The van der Waals surface area contributed by atoms with Crippen LogP contribution in [-0.4, -0.2) is 47.4 Å². The number of amides is 1. The van der Waals surface area contributed by atoms with E-state index in [1.54, 1.807) is 0 Å². The Labute approximate surface area is 135 Å². The van der Waals surface area contributed by atoms with E-state index in [4.69, 9.17) is 0 Å². The van der Waals surface area contributed by atoms with Crippen LogP contribution in [-0.2, 0) is 16.9 Å². The highest BCUT2D eigenvalue weighted by Gasteiger charge is 2.42. The van der Waals surface area contributed by atoms with Crippen LogP contribution in [0.1, 0.15) is 29.6 Å². The van der Waals surface area contributed by atoms with Gasteiger partial charge in [0.2, 0.25) is 0 Å². The van der Waals surface area contributed by atoms with E-state index in [2.05, 4.69) is 0 Å². The first kappa shape index (κ1) is 14.8. The number of carbonyl (C=O) groups is 1. The van der Waals surface area contributed by atoms with Crippen LogP contribution in [0, 0.1) is 0 Å². The number of benzene rings is 1. The van der Waals surface area contributed by atoms with Crippen molar-refractivity contribution < 1.29 is 13.2 Å². The van der Waals surface area contributed by atoms with Crippen molar-refractivity contribution in [1.82, 2.24) is 9.47 Å². The van der Waals surface area contributed by atoms with Crippen LogP contribution in [0.15, 0.2) is 30.5 Å². The fraction of sp³-hybridized carbons (Fsp3) is 0.471. The number of carbonyl (C=O) groups excluding carboxylic acids is 1. The number of sulfone groups is 1. The summed E-state index contributed by atoms with van der Waals surface area (Å²) in [7, 11) is -1.07. The Morgan fingerprint density at radius 1 is 1.17 bits per heavy atom. The summed E-state index contributed by atoms with van der Waals surface area (Å²) in [5, 5.41) is 0.937. The SMILES string of the molecule is Cn1cc(C(=O)N(C2CC2)C2CCS(=O)(=O)C2)c2ccccc21. The molecule has 0 spiro atoms. The van der Waals surface area contributed by atoms with Gasteiger partial charge in [-0.1, -0.05) is 18.2 Å². The van der Waals surface area contributed by atoms with Gasteiger partial charge in [0.25, 0.3) is 5.91 Å². The summed E-state index contributed by atoms with van der Waals surface area (Å²) < 4.78 is 25.6. The van der Waals surface area contributed by atoms with Crippen LogP contribution in [0.5, 0.6) is 0 Å². The maximum absolute atomic E-state index is 13.2. The van der Waals surface area contributed by atoms with E-state index in [0.29, 0.717) is 12.0 Å². The number of nitrogens with zero attached hydrogens (tertiary/aromatic N) is 2. The molecule has 6 heteroatoms. The first-order valence-corrected chi connectivity index (χ1v) is 9.85. The fourth-order valence-corrected chi connectivity index (χ4v) is 5.34. The summed E-state index contributed by atoms with van der Waals surface area (Å²) in [5.74, 6) is 0.287. The molecular weight excluding hydrogens is 312 g/mol. The minimum absolute atomic E-state index is 0.0219. The van der Waals surface area contributed by atoms with Gasteiger partial charge in [0.05, 0.1) is 17.1 Å². The smallest absolute Gasteiger partial charge is 0.256 e. The zero-order valence-corrected chi connectivity index (χ0v) is 13.9. The Morgan fingerprint density at radius 3 is 2.57 bits per heavy atom. The van der Waals surface area contributed by atoms with Crippen molar-refractivity contribution in [2.75, 3.05) is 11.5 Å². The standard InChI is InChI=1S/C17H20N2O3S/c1-18-10-15(14-4-2-3-5-16(14)18)17(20)19(12-6-7-12)13-8-9-23(21,22)11-13/h2-5,10,12-13H,6-9,11H2,1H3. The highest BCUT2D eigenvalue weighted by atomic mass is 32.2.